The highest BCUT2D eigenvalue weighted by molar-refractivity contribution is 5.83. The van der Waals surface area contributed by atoms with Crippen LogP contribution in [0, 0.1) is 5.41 Å². The zero-order valence-corrected chi connectivity index (χ0v) is 10.7. The molecule has 3 heteroatoms. The van der Waals surface area contributed by atoms with E-state index >= 15 is 0 Å². The minimum atomic E-state index is -0.249. The van der Waals surface area contributed by atoms with Crippen LogP contribution in [0.15, 0.2) is 0 Å². The molecule has 0 heterocycles. The fraction of sp³-hybridized carbons (Fsp3) is 0.923. The van der Waals surface area contributed by atoms with Crippen molar-refractivity contribution in [2.24, 2.45) is 11.1 Å². The van der Waals surface area contributed by atoms with Gasteiger partial charge in [0.25, 0.3) is 0 Å². The molecule has 0 aliphatic heterocycles. The first-order valence-corrected chi connectivity index (χ1v) is 6.69. The lowest BCUT2D eigenvalue weighted by atomic mass is 9.85. The van der Waals surface area contributed by atoms with Crippen LogP contribution >= 0.6 is 0 Å². The van der Waals surface area contributed by atoms with Crippen LogP contribution in [0.5, 0.6) is 0 Å². The molecule has 1 fully saturated rings. The Morgan fingerprint density at radius 2 is 2.00 bits per heavy atom. The Balaban J connectivity index is 2.54. The van der Waals surface area contributed by atoms with Crippen LogP contribution in [0.2, 0.25) is 0 Å². The van der Waals surface area contributed by atoms with E-state index in [1.807, 2.05) is 0 Å². The summed E-state index contributed by atoms with van der Waals surface area (Å²) in [6.45, 7) is 4.79. The van der Waals surface area contributed by atoms with Gasteiger partial charge in [-0.3, -0.25) is 4.79 Å². The summed E-state index contributed by atoms with van der Waals surface area (Å²) in [5.41, 5.74) is 5.55. The molecule has 3 N–H and O–H groups in total. The topological polar surface area (TPSA) is 55.1 Å². The molecule has 3 nitrogen and oxygen atoms in total. The second-order valence-electron chi connectivity index (χ2n) is 5.06. The Bertz CT molecular complexity index is 222. The van der Waals surface area contributed by atoms with Gasteiger partial charge in [-0.2, -0.15) is 0 Å². The first-order valence-electron chi connectivity index (χ1n) is 6.69. The molecule has 0 aromatic carbocycles. The second kappa shape index (κ2) is 6.24. The number of hydrogen-bond acceptors (Lipinski definition) is 2. The summed E-state index contributed by atoms with van der Waals surface area (Å²) in [4.78, 5) is 12.3. The van der Waals surface area contributed by atoms with Gasteiger partial charge >= 0.3 is 0 Å². The van der Waals surface area contributed by atoms with Crippen molar-refractivity contribution < 1.29 is 4.79 Å². The van der Waals surface area contributed by atoms with E-state index in [1.54, 1.807) is 0 Å². The van der Waals surface area contributed by atoms with Crippen LogP contribution < -0.4 is 11.1 Å². The van der Waals surface area contributed by atoms with Crippen molar-refractivity contribution in [3.8, 4) is 0 Å². The number of carbonyl (C=O) groups excluding carboxylic acids is 1. The van der Waals surface area contributed by atoms with Gasteiger partial charge < -0.3 is 11.1 Å². The molecule has 94 valence electrons. The summed E-state index contributed by atoms with van der Waals surface area (Å²) in [6, 6.07) is 0.335. The van der Waals surface area contributed by atoms with Gasteiger partial charge in [-0.15, -0.1) is 0 Å². The minimum absolute atomic E-state index is 0.202. The van der Waals surface area contributed by atoms with E-state index in [9.17, 15) is 4.79 Å². The molecule has 1 rings (SSSR count). The fourth-order valence-electron chi connectivity index (χ4n) is 2.64. The van der Waals surface area contributed by atoms with E-state index in [2.05, 4.69) is 19.2 Å². The largest absolute Gasteiger partial charge is 0.353 e. The van der Waals surface area contributed by atoms with E-state index < -0.39 is 0 Å². The van der Waals surface area contributed by atoms with Crippen LogP contribution in [-0.2, 0) is 4.79 Å². The molecule has 0 saturated heterocycles. The van der Waals surface area contributed by atoms with E-state index in [-0.39, 0.29) is 11.3 Å². The van der Waals surface area contributed by atoms with Gasteiger partial charge in [0.15, 0.2) is 0 Å². The SMILES string of the molecule is CCCC(CC)NC(=O)C1(CN)CCCC1. The highest BCUT2D eigenvalue weighted by Crippen LogP contribution is 2.37. The number of nitrogens with two attached hydrogens (primary N) is 1. The quantitative estimate of drug-likeness (QED) is 0.729. The number of carbonyl (C=O) groups is 1. The zero-order valence-electron chi connectivity index (χ0n) is 10.7. The van der Waals surface area contributed by atoms with E-state index in [4.69, 9.17) is 5.73 Å². The molecule has 1 atom stereocenters. The van der Waals surface area contributed by atoms with Crippen molar-refractivity contribution in [2.45, 2.75) is 64.8 Å². The minimum Gasteiger partial charge on any atom is -0.353 e. The van der Waals surface area contributed by atoms with Crippen LogP contribution in [-0.4, -0.2) is 18.5 Å². The average molecular weight is 226 g/mol. The predicted octanol–water partition coefficient (Wildman–Crippen LogP) is 2.20. The Morgan fingerprint density at radius 3 is 2.44 bits per heavy atom. The molecular weight excluding hydrogens is 200 g/mol. The van der Waals surface area contributed by atoms with Crippen LogP contribution in [0.3, 0.4) is 0 Å². The number of amides is 1. The molecule has 0 bridgehead atoms. The summed E-state index contributed by atoms with van der Waals surface area (Å²) in [5, 5.41) is 3.18. The van der Waals surface area contributed by atoms with Gasteiger partial charge in [-0.1, -0.05) is 33.1 Å². The van der Waals surface area contributed by atoms with Crippen LogP contribution in [0.1, 0.15) is 58.8 Å². The third-order valence-corrected chi connectivity index (χ3v) is 3.90. The van der Waals surface area contributed by atoms with Crippen LogP contribution in [0.25, 0.3) is 0 Å². The van der Waals surface area contributed by atoms with Crippen molar-refractivity contribution in [3.05, 3.63) is 0 Å². The van der Waals surface area contributed by atoms with Crippen LogP contribution in [0.4, 0.5) is 0 Å². The lowest BCUT2D eigenvalue weighted by Crippen LogP contribution is -2.47. The zero-order chi connectivity index (χ0) is 12.0. The van der Waals surface area contributed by atoms with Gasteiger partial charge in [0.05, 0.1) is 5.41 Å². The Kier molecular flexibility index (Phi) is 5.26. The Hall–Kier alpha value is -0.570. The third-order valence-electron chi connectivity index (χ3n) is 3.90. The van der Waals surface area contributed by atoms with Gasteiger partial charge in [-0.05, 0) is 25.7 Å². The van der Waals surface area contributed by atoms with Gasteiger partial charge in [-0.25, -0.2) is 0 Å². The molecule has 1 aliphatic carbocycles. The summed E-state index contributed by atoms with van der Waals surface area (Å²) < 4.78 is 0. The van der Waals surface area contributed by atoms with Gasteiger partial charge in [0.2, 0.25) is 5.91 Å². The lowest BCUT2D eigenvalue weighted by molar-refractivity contribution is -0.131. The maximum atomic E-state index is 12.3. The first-order chi connectivity index (χ1) is 7.68. The molecule has 16 heavy (non-hydrogen) atoms. The summed E-state index contributed by atoms with van der Waals surface area (Å²) in [6.07, 6.45) is 7.44. The highest BCUT2D eigenvalue weighted by atomic mass is 16.2. The average Bonchev–Trinajstić information content (AvgIpc) is 2.78. The van der Waals surface area contributed by atoms with E-state index in [0.29, 0.717) is 12.6 Å². The molecule has 1 amide bonds. The maximum absolute atomic E-state index is 12.3. The molecule has 0 aromatic rings. The molecule has 1 aliphatic rings. The molecule has 1 saturated carbocycles. The second-order valence-corrected chi connectivity index (χ2v) is 5.06. The third kappa shape index (κ3) is 2.97. The monoisotopic (exact) mass is 226 g/mol. The first kappa shape index (κ1) is 13.5. The summed E-state index contributed by atoms with van der Waals surface area (Å²) >= 11 is 0. The standard InChI is InChI=1S/C13H26N2O/c1-3-7-11(4-2)15-12(16)13(10-14)8-5-6-9-13/h11H,3-10,14H2,1-2H3,(H,15,16). The van der Waals surface area contributed by atoms with Crippen molar-refractivity contribution in [1.29, 1.82) is 0 Å². The smallest absolute Gasteiger partial charge is 0.227 e. The fourth-order valence-corrected chi connectivity index (χ4v) is 2.64. The highest BCUT2D eigenvalue weighted by Gasteiger charge is 2.40. The maximum Gasteiger partial charge on any atom is 0.227 e. The predicted molar refractivity (Wildman–Crippen MR) is 67.1 cm³/mol. The van der Waals surface area contributed by atoms with Gasteiger partial charge in [0, 0.05) is 12.6 Å². The number of hydrogen-bond donors (Lipinski definition) is 2. The van der Waals surface area contributed by atoms with E-state index in [0.717, 1.165) is 44.9 Å². The lowest BCUT2D eigenvalue weighted by Gasteiger charge is -2.28. The van der Waals surface area contributed by atoms with Crippen molar-refractivity contribution >= 4 is 5.91 Å². The summed E-state index contributed by atoms with van der Waals surface area (Å²) in [7, 11) is 0. The molecule has 0 radical (unpaired) electrons. The van der Waals surface area contributed by atoms with Gasteiger partial charge in [0.1, 0.15) is 0 Å². The molecule has 0 spiro atoms. The molecule has 1 unspecified atom stereocenters. The Labute approximate surface area is 99.2 Å². The Morgan fingerprint density at radius 1 is 1.38 bits per heavy atom. The summed E-state index contributed by atoms with van der Waals surface area (Å²) in [5.74, 6) is 0.202. The van der Waals surface area contributed by atoms with Crippen molar-refractivity contribution in [1.82, 2.24) is 5.32 Å². The van der Waals surface area contributed by atoms with Crippen molar-refractivity contribution in [2.75, 3.05) is 6.54 Å². The number of rotatable bonds is 6. The molecular formula is C13H26N2O. The molecule has 0 aromatic heterocycles. The normalized spacial score (nSPS) is 20.7. The van der Waals surface area contributed by atoms with E-state index in [1.165, 1.54) is 0 Å². The number of nitrogens with one attached hydrogen (secondary N) is 1. The van der Waals surface area contributed by atoms with Crippen molar-refractivity contribution in [3.63, 3.8) is 0 Å².